The summed E-state index contributed by atoms with van der Waals surface area (Å²) in [5.41, 5.74) is 10.2. The molecule has 1 aromatic carbocycles. The molecule has 184 valence electrons. The van der Waals surface area contributed by atoms with Crippen molar-refractivity contribution in [3.05, 3.63) is 54.6 Å². The molecule has 5 rings (SSSR count). The Kier molecular flexibility index (Phi) is 7.29. The van der Waals surface area contributed by atoms with E-state index in [4.69, 9.17) is 18.5 Å². The minimum atomic E-state index is -0.433. The number of ether oxygens (including phenoxy) is 1. The van der Waals surface area contributed by atoms with E-state index >= 15 is 0 Å². The molecule has 2 aromatic heterocycles. The van der Waals surface area contributed by atoms with Crippen molar-refractivity contribution in [3.8, 4) is 11.3 Å². The molecule has 2 aliphatic rings. The van der Waals surface area contributed by atoms with E-state index in [2.05, 4.69) is 47.4 Å². The van der Waals surface area contributed by atoms with Crippen LogP contribution in [0.25, 0.3) is 11.3 Å². The van der Waals surface area contributed by atoms with Crippen molar-refractivity contribution in [2.75, 3.05) is 60.2 Å². The van der Waals surface area contributed by atoms with Crippen LogP contribution in [0.5, 0.6) is 0 Å². The first-order chi connectivity index (χ1) is 17.6. The van der Waals surface area contributed by atoms with Crippen molar-refractivity contribution in [1.82, 2.24) is 20.2 Å². The lowest BCUT2D eigenvalue weighted by Crippen LogP contribution is -2.41. The zero-order valence-electron chi connectivity index (χ0n) is 20.1. The fraction of sp³-hybridized carbons (Fsp3) is 0.360. The Balaban J connectivity index is 1.32. The number of pyridine rings is 1. The molecule has 10 nitrogen and oxygen atoms in total. The monoisotopic (exact) mass is 484 g/mol. The predicted molar refractivity (Wildman–Crippen MR) is 141 cm³/mol. The number of rotatable bonds is 6. The molecular formula is C25H29BN8O2. The van der Waals surface area contributed by atoms with Crippen LogP contribution in [0.3, 0.4) is 0 Å². The van der Waals surface area contributed by atoms with Gasteiger partial charge in [0.25, 0.3) is 5.91 Å². The van der Waals surface area contributed by atoms with E-state index in [-0.39, 0.29) is 11.5 Å². The first-order valence-electron chi connectivity index (χ1n) is 12.1. The van der Waals surface area contributed by atoms with E-state index in [1.165, 1.54) is 0 Å². The zero-order chi connectivity index (χ0) is 24.9. The number of hydrogen-bond donors (Lipinski definition) is 3. The van der Waals surface area contributed by atoms with Gasteiger partial charge in [0.05, 0.1) is 42.7 Å². The normalized spacial score (nSPS) is 16.7. The predicted octanol–water partition coefficient (Wildman–Crippen LogP) is 1.85. The maximum atomic E-state index is 13.2. The van der Waals surface area contributed by atoms with Crippen LogP contribution in [0.1, 0.15) is 23.3 Å². The van der Waals surface area contributed by atoms with Crippen molar-refractivity contribution in [1.29, 1.82) is 0 Å². The molecule has 0 saturated carbocycles. The van der Waals surface area contributed by atoms with Gasteiger partial charge in [0.15, 0.2) is 19.5 Å². The second kappa shape index (κ2) is 10.9. The standard InChI is InChI=1S/C25H29BN8O2/c26-32-18-6-9-33(10-7-18)19-3-1-17(2-4-19)20-16-29-24(27)23(30-20)25(35)31-21-15-28-8-5-22(21)34-11-13-36-14-12-34/h1-5,8,15-16,18,32H,6-7,9-14H2,(H2,27,29)(H,31,35). The van der Waals surface area contributed by atoms with Gasteiger partial charge in [-0.2, -0.15) is 0 Å². The highest BCUT2D eigenvalue weighted by molar-refractivity contribution is 6.07. The summed E-state index contributed by atoms with van der Waals surface area (Å²) < 4.78 is 5.44. The van der Waals surface area contributed by atoms with E-state index < -0.39 is 5.91 Å². The smallest absolute Gasteiger partial charge is 0.278 e. The van der Waals surface area contributed by atoms with Crippen LogP contribution in [-0.2, 0) is 4.74 Å². The van der Waals surface area contributed by atoms with Crippen LogP contribution in [0.4, 0.5) is 22.9 Å². The van der Waals surface area contributed by atoms with Gasteiger partial charge >= 0.3 is 0 Å². The van der Waals surface area contributed by atoms with Gasteiger partial charge in [-0.1, -0.05) is 12.1 Å². The highest BCUT2D eigenvalue weighted by atomic mass is 16.5. The summed E-state index contributed by atoms with van der Waals surface area (Å²) in [7, 11) is 5.57. The number of hydrogen-bond acceptors (Lipinski definition) is 9. The fourth-order valence-corrected chi connectivity index (χ4v) is 4.60. The Bertz CT molecular complexity index is 1190. The van der Waals surface area contributed by atoms with Crippen LogP contribution >= 0.6 is 0 Å². The number of nitrogen functional groups attached to an aromatic ring is 1. The van der Waals surface area contributed by atoms with Crippen molar-refractivity contribution in [2.45, 2.75) is 18.9 Å². The summed E-state index contributed by atoms with van der Waals surface area (Å²) in [5.74, 6) is -0.363. The van der Waals surface area contributed by atoms with Gasteiger partial charge in [-0.25, -0.2) is 9.97 Å². The molecule has 1 amide bonds. The highest BCUT2D eigenvalue weighted by Crippen LogP contribution is 2.28. The molecule has 0 atom stereocenters. The number of amides is 1. The van der Waals surface area contributed by atoms with Gasteiger partial charge in [-0.3, -0.25) is 9.78 Å². The number of anilines is 4. The van der Waals surface area contributed by atoms with Crippen LogP contribution < -0.4 is 26.1 Å². The maximum absolute atomic E-state index is 13.2. The molecule has 2 aliphatic heterocycles. The van der Waals surface area contributed by atoms with Crippen molar-refractivity contribution in [2.24, 2.45) is 0 Å². The lowest BCUT2D eigenvalue weighted by Gasteiger charge is -2.33. The quantitative estimate of drug-likeness (QED) is 0.450. The average Bonchev–Trinajstić information content (AvgIpc) is 2.94. The van der Waals surface area contributed by atoms with Crippen LogP contribution in [0, 0.1) is 0 Å². The average molecular weight is 484 g/mol. The van der Waals surface area contributed by atoms with Crippen molar-refractivity contribution < 1.29 is 9.53 Å². The van der Waals surface area contributed by atoms with E-state index in [0.717, 1.165) is 56.0 Å². The van der Waals surface area contributed by atoms with Gasteiger partial charge in [-0.05, 0) is 37.1 Å². The lowest BCUT2D eigenvalue weighted by molar-refractivity contribution is 0.102. The Morgan fingerprint density at radius 3 is 2.50 bits per heavy atom. The largest absolute Gasteiger partial charge is 0.382 e. The summed E-state index contributed by atoms with van der Waals surface area (Å²) in [4.78, 5) is 30.6. The Morgan fingerprint density at radius 1 is 1.03 bits per heavy atom. The number of carbonyl (C=O) groups is 1. The van der Waals surface area contributed by atoms with Crippen molar-refractivity contribution >= 4 is 36.8 Å². The number of piperidine rings is 1. The van der Waals surface area contributed by atoms with Gasteiger partial charge in [-0.15, -0.1) is 0 Å². The van der Waals surface area contributed by atoms with Crippen molar-refractivity contribution in [3.63, 3.8) is 0 Å². The third-order valence-electron chi connectivity index (χ3n) is 6.67. The summed E-state index contributed by atoms with van der Waals surface area (Å²) in [6.45, 7) is 4.64. The highest BCUT2D eigenvalue weighted by Gasteiger charge is 2.21. The fourth-order valence-electron chi connectivity index (χ4n) is 4.60. The number of carbonyl (C=O) groups excluding carboxylic acids is 1. The second-order valence-electron chi connectivity index (χ2n) is 8.91. The SMILES string of the molecule is [B]NC1CCN(c2ccc(-c3cnc(N)c(C(=O)Nc4cnccc4N4CCOCC4)n3)cc2)CC1. The number of morpholine rings is 1. The molecule has 3 aromatic rings. The van der Waals surface area contributed by atoms with Gasteiger partial charge in [0.2, 0.25) is 0 Å². The minimum Gasteiger partial charge on any atom is -0.382 e. The summed E-state index contributed by atoms with van der Waals surface area (Å²) >= 11 is 0. The molecule has 0 unspecified atom stereocenters. The minimum absolute atomic E-state index is 0.0704. The first kappa shape index (κ1) is 24.0. The van der Waals surface area contributed by atoms with Crippen LogP contribution in [0.2, 0.25) is 0 Å². The molecule has 36 heavy (non-hydrogen) atoms. The van der Waals surface area contributed by atoms with E-state index in [0.29, 0.717) is 30.6 Å². The molecule has 11 heteroatoms. The first-order valence-corrected chi connectivity index (χ1v) is 12.1. The van der Waals surface area contributed by atoms with Crippen LogP contribution in [-0.4, -0.2) is 74.3 Å². The molecule has 0 aliphatic carbocycles. The van der Waals surface area contributed by atoms with Crippen LogP contribution in [0.15, 0.2) is 48.9 Å². The summed E-state index contributed by atoms with van der Waals surface area (Å²) in [5, 5.41) is 5.78. The molecule has 2 saturated heterocycles. The Labute approximate surface area is 211 Å². The number of nitrogens with one attached hydrogen (secondary N) is 2. The Hall–Kier alpha value is -3.70. The number of nitrogens with zero attached hydrogens (tertiary/aromatic N) is 5. The third-order valence-corrected chi connectivity index (χ3v) is 6.67. The zero-order valence-corrected chi connectivity index (χ0v) is 20.1. The third kappa shape index (κ3) is 5.27. The molecule has 0 spiro atoms. The van der Waals surface area contributed by atoms with E-state index in [1.807, 2.05) is 18.2 Å². The number of benzene rings is 1. The second-order valence-corrected chi connectivity index (χ2v) is 8.91. The van der Waals surface area contributed by atoms with Gasteiger partial charge < -0.3 is 30.8 Å². The summed E-state index contributed by atoms with van der Waals surface area (Å²) in [6.07, 6.45) is 6.93. The van der Waals surface area contributed by atoms with E-state index in [9.17, 15) is 4.79 Å². The van der Waals surface area contributed by atoms with E-state index in [1.54, 1.807) is 18.6 Å². The molecule has 2 fully saturated rings. The number of nitrogens with two attached hydrogens (primary N) is 1. The molecular weight excluding hydrogens is 455 g/mol. The molecule has 4 heterocycles. The maximum Gasteiger partial charge on any atom is 0.278 e. The lowest BCUT2D eigenvalue weighted by atomic mass is 10.0. The molecule has 0 bridgehead atoms. The van der Waals surface area contributed by atoms with Gasteiger partial charge in [0.1, 0.15) is 0 Å². The molecule has 2 radical (unpaired) electrons. The number of aromatic nitrogens is 3. The Morgan fingerprint density at radius 2 is 1.78 bits per heavy atom. The van der Waals surface area contributed by atoms with Gasteiger partial charge in [0, 0.05) is 43.6 Å². The summed E-state index contributed by atoms with van der Waals surface area (Å²) in [6, 6.07) is 10.3. The topological polar surface area (TPSA) is 122 Å². The molecule has 4 N–H and O–H groups in total.